The van der Waals surface area contributed by atoms with Gasteiger partial charge in [0.25, 0.3) is 0 Å². The van der Waals surface area contributed by atoms with Gasteiger partial charge in [0, 0.05) is 26.1 Å². The summed E-state index contributed by atoms with van der Waals surface area (Å²) < 4.78 is 21.1. The minimum Gasteiger partial charge on any atom is -0.444 e. The second-order valence-electron chi connectivity index (χ2n) is 5.92. The van der Waals surface area contributed by atoms with E-state index in [2.05, 4.69) is 16.7 Å². The van der Waals surface area contributed by atoms with Crippen molar-refractivity contribution in [1.29, 1.82) is 5.26 Å². The molecular weight excluding hydrogens is 314 g/mol. The summed E-state index contributed by atoms with van der Waals surface area (Å²) in [6.07, 6.45) is 0.0674. The van der Waals surface area contributed by atoms with Gasteiger partial charge in [0.2, 0.25) is 0 Å². The van der Waals surface area contributed by atoms with E-state index in [1.54, 1.807) is 0 Å². The summed E-state index contributed by atoms with van der Waals surface area (Å²) in [6.45, 7) is 10.3. The molecule has 0 aromatic carbocycles. The average Bonchev–Trinajstić information content (AvgIpc) is 2.49. The maximum absolute atomic E-state index is 11.3. The third-order valence-electron chi connectivity index (χ3n) is 2.50. The Morgan fingerprint density at radius 1 is 0.917 bits per heavy atom. The first-order valence-corrected chi connectivity index (χ1v) is 8.23. The maximum Gasteiger partial charge on any atom is 0.407 e. The van der Waals surface area contributed by atoms with E-state index in [0.29, 0.717) is 59.2 Å². The third kappa shape index (κ3) is 18.6. The van der Waals surface area contributed by atoms with Crippen LogP contribution < -0.4 is 10.6 Å². The van der Waals surface area contributed by atoms with Crippen LogP contribution in [0.3, 0.4) is 0 Å². The molecule has 8 nitrogen and oxygen atoms in total. The minimum absolute atomic E-state index is 0.400. The van der Waals surface area contributed by atoms with Crippen molar-refractivity contribution in [3.05, 3.63) is 0 Å². The molecule has 0 aliphatic rings. The summed E-state index contributed by atoms with van der Waals surface area (Å²) >= 11 is 0. The van der Waals surface area contributed by atoms with E-state index in [1.165, 1.54) is 0 Å². The number of hydrogen-bond acceptors (Lipinski definition) is 7. The van der Waals surface area contributed by atoms with Crippen LogP contribution in [0.1, 0.15) is 27.2 Å². The van der Waals surface area contributed by atoms with Crippen LogP contribution in [0, 0.1) is 11.3 Å². The van der Waals surface area contributed by atoms with Crippen molar-refractivity contribution in [2.45, 2.75) is 32.8 Å². The number of ether oxygens (including phenoxy) is 4. The van der Waals surface area contributed by atoms with Crippen LogP contribution in [0.5, 0.6) is 0 Å². The molecule has 0 rings (SSSR count). The standard InChI is InChI=1S/C16H31N3O5/c1-16(2,3)24-15(20)19-8-10-22-12-14-23-13-11-21-9-7-18-6-4-5-17/h18H,4,6-14H2,1-3H3,(H,19,20). The van der Waals surface area contributed by atoms with Gasteiger partial charge in [-0.2, -0.15) is 5.26 Å². The summed E-state index contributed by atoms with van der Waals surface area (Å²) in [5, 5.41) is 14.1. The Morgan fingerprint density at radius 2 is 1.46 bits per heavy atom. The van der Waals surface area contributed by atoms with Gasteiger partial charge in [-0.25, -0.2) is 4.79 Å². The highest BCUT2D eigenvalue weighted by Gasteiger charge is 2.15. The molecular formula is C16H31N3O5. The molecule has 0 aromatic rings. The molecule has 0 aliphatic heterocycles. The molecule has 0 spiro atoms. The second kappa shape index (κ2) is 15.1. The van der Waals surface area contributed by atoms with Crippen molar-refractivity contribution in [3.63, 3.8) is 0 Å². The molecule has 2 N–H and O–H groups in total. The van der Waals surface area contributed by atoms with Gasteiger partial charge >= 0.3 is 6.09 Å². The van der Waals surface area contributed by atoms with Crippen LogP contribution in [0.4, 0.5) is 4.79 Å². The molecule has 0 unspecified atom stereocenters. The van der Waals surface area contributed by atoms with E-state index in [0.717, 1.165) is 6.54 Å². The van der Waals surface area contributed by atoms with Gasteiger partial charge in [0.05, 0.1) is 45.7 Å². The molecule has 0 radical (unpaired) electrons. The summed E-state index contributed by atoms with van der Waals surface area (Å²) in [6, 6.07) is 2.06. The van der Waals surface area contributed by atoms with Crippen LogP contribution in [-0.2, 0) is 18.9 Å². The zero-order valence-corrected chi connectivity index (χ0v) is 15.1. The Morgan fingerprint density at radius 3 is 2.00 bits per heavy atom. The predicted molar refractivity (Wildman–Crippen MR) is 89.8 cm³/mol. The van der Waals surface area contributed by atoms with E-state index in [1.807, 2.05) is 20.8 Å². The highest BCUT2D eigenvalue weighted by molar-refractivity contribution is 5.67. The van der Waals surface area contributed by atoms with E-state index in [4.69, 9.17) is 24.2 Å². The Bertz CT molecular complexity index is 353. The lowest BCUT2D eigenvalue weighted by atomic mass is 10.2. The minimum atomic E-state index is -0.493. The molecule has 0 atom stereocenters. The van der Waals surface area contributed by atoms with Crippen LogP contribution in [-0.4, -0.2) is 71.0 Å². The summed E-state index contributed by atoms with van der Waals surface area (Å²) in [5.74, 6) is 0. The molecule has 0 saturated heterocycles. The van der Waals surface area contributed by atoms with Crippen molar-refractivity contribution in [2.24, 2.45) is 0 Å². The first kappa shape index (κ1) is 22.6. The first-order chi connectivity index (χ1) is 11.5. The Labute approximate surface area is 144 Å². The smallest absolute Gasteiger partial charge is 0.407 e. The second-order valence-corrected chi connectivity index (χ2v) is 5.92. The van der Waals surface area contributed by atoms with Gasteiger partial charge in [-0.05, 0) is 20.8 Å². The number of carbonyl (C=O) groups excluding carboxylic acids is 1. The topological polar surface area (TPSA) is 102 Å². The molecule has 24 heavy (non-hydrogen) atoms. The van der Waals surface area contributed by atoms with Crippen molar-refractivity contribution in [2.75, 3.05) is 59.3 Å². The third-order valence-corrected chi connectivity index (χ3v) is 2.50. The molecule has 0 aliphatic carbocycles. The van der Waals surface area contributed by atoms with E-state index in [-0.39, 0.29) is 0 Å². The fourth-order valence-electron chi connectivity index (χ4n) is 1.49. The zero-order chi connectivity index (χ0) is 18.1. The van der Waals surface area contributed by atoms with Crippen molar-refractivity contribution >= 4 is 6.09 Å². The monoisotopic (exact) mass is 345 g/mol. The fraction of sp³-hybridized carbons (Fsp3) is 0.875. The molecule has 0 bridgehead atoms. The van der Waals surface area contributed by atoms with Crippen molar-refractivity contribution in [3.8, 4) is 6.07 Å². The lowest BCUT2D eigenvalue weighted by Crippen LogP contribution is -2.34. The number of carbonyl (C=O) groups is 1. The highest BCUT2D eigenvalue weighted by atomic mass is 16.6. The van der Waals surface area contributed by atoms with Crippen molar-refractivity contribution in [1.82, 2.24) is 10.6 Å². The van der Waals surface area contributed by atoms with Crippen LogP contribution in [0.15, 0.2) is 0 Å². The summed E-state index contributed by atoms with van der Waals surface area (Å²) in [4.78, 5) is 11.3. The number of nitrogens with zero attached hydrogens (tertiary/aromatic N) is 1. The van der Waals surface area contributed by atoms with Crippen LogP contribution in [0.2, 0.25) is 0 Å². The normalized spacial score (nSPS) is 11.1. The van der Waals surface area contributed by atoms with E-state index >= 15 is 0 Å². The van der Waals surface area contributed by atoms with Crippen molar-refractivity contribution < 1.29 is 23.7 Å². The molecule has 0 heterocycles. The van der Waals surface area contributed by atoms with Gasteiger partial charge < -0.3 is 29.6 Å². The molecule has 8 heteroatoms. The maximum atomic E-state index is 11.3. The summed E-state index contributed by atoms with van der Waals surface area (Å²) in [7, 11) is 0. The predicted octanol–water partition coefficient (Wildman–Crippen LogP) is 1.06. The van der Waals surface area contributed by atoms with Crippen LogP contribution >= 0.6 is 0 Å². The van der Waals surface area contributed by atoms with Gasteiger partial charge in [0.15, 0.2) is 0 Å². The lowest BCUT2D eigenvalue weighted by molar-refractivity contribution is 0.0145. The quantitative estimate of drug-likeness (QED) is 0.454. The molecule has 0 fully saturated rings. The van der Waals surface area contributed by atoms with Crippen LogP contribution in [0.25, 0.3) is 0 Å². The summed E-state index contributed by atoms with van der Waals surface area (Å²) in [5.41, 5.74) is -0.493. The number of rotatable bonds is 14. The molecule has 1 amide bonds. The Kier molecular flexibility index (Phi) is 14.3. The number of alkyl carbamates (subject to hydrolysis) is 1. The number of hydrogen-bond donors (Lipinski definition) is 2. The van der Waals surface area contributed by atoms with E-state index < -0.39 is 11.7 Å². The van der Waals surface area contributed by atoms with Gasteiger partial charge in [0.1, 0.15) is 5.60 Å². The Hall–Kier alpha value is -1.40. The molecule has 0 aromatic heterocycles. The molecule has 140 valence electrons. The van der Waals surface area contributed by atoms with Gasteiger partial charge in [-0.15, -0.1) is 0 Å². The van der Waals surface area contributed by atoms with Gasteiger partial charge in [-0.1, -0.05) is 0 Å². The largest absolute Gasteiger partial charge is 0.444 e. The number of nitrogens with one attached hydrogen (secondary N) is 2. The fourth-order valence-corrected chi connectivity index (χ4v) is 1.49. The lowest BCUT2D eigenvalue weighted by Gasteiger charge is -2.19. The Balaban J connectivity index is 3.15. The number of nitriles is 1. The van der Waals surface area contributed by atoms with E-state index in [9.17, 15) is 4.79 Å². The first-order valence-electron chi connectivity index (χ1n) is 8.23. The SMILES string of the molecule is CC(C)(C)OC(=O)NCCOCCOCCOCCNCCC#N. The average molecular weight is 345 g/mol. The highest BCUT2D eigenvalue weighted by Crippen LogP contribution is 2.05. The number of amides is 1. The molecule has 0 saturated carbocycles. The van der Waals surface area contributed by atoms with Gasteiger partial charge in [-0.3, -0.25) is 0 Å². The zero-order valence-electron chi connectivity index (χ0n) is 15.1.